The fraction of sp³-hybridized carbons (Fsp3) is 0.333. The minimum Gasteiger partial charge on any atom is -0.323 e. The second-order valence-corrected chi connectivity index (χ2v) is 4.08. The molecule has 0 saturated heterocycles. The number of allylic oxidation sites excluding steroid dienone is 1. The molecule has 0 radical (unpaired) electrons. The number of carbonyl (C=O) groups excluding carboxylic acids is 1. The molecule has 6 heteroatoms. The normalized spacial score (nSPS) is 24.8. The van der Waals surface area contributed by atoms with Gasteiger partial charge in [-0.25, -0.2) is 0 Å². The van der Waals surface area contributed by atoms with Crippen molar-refractivity contribution in [3.8, 4) is 0 Å². The van der Waals surface area contributed by atoms with E-state index in [1.54, 1.807) is 6.08 Å². The molecule has 1 atom stereocenters. The van der Waals surface area contributed by atoms with Crippen LogP contribution >= 0.6 is 24.8 Å². The molecule has 1 amide bonds. The summed E-state index contributed by atoms with van der Waals surface area (Å²) >= 11 is 0. The Bertz CT molecular complexity index is 466. The molecule has 3 aliphatic rings. The van der Waals surface area contributed by atoms with Gasteiger partial charge in [0, 0.05) is 24.4 Å². The first kappa shape index (κ1) is 15.0. The number of aliphatic imine (C=N–C) groups is 1. The number of hydrogen-bond donors (Lipinski definition) is 2. The molecule has 0 spiro atoms. The number of carbonyl (C=O) groups is 1. The van der Waals surface area contributed by atoms with Crippen LogP contribution in [0.25, 0.3) is 0 Å². The molecule has 3 heterocycles. The highest BCUT2D eigenvalue weighted by atomic mass is 35.5. The highest BCUT2D eigenvalue weighted by Gasteiger charge is 2.26. The zero-order valence-electron chi connectivity index (χ0n) is 9.68. The van der Waals surface area contributed by atoms with Crippen molar-refractivity contribution in [1.82, 2.24) is 10.6 Å². The third-order valence-corrected chi connectivity index (χ3v) is 3.05. The van der Waals surface area contributed by atoms with Crippen LogP contribution in [0.2, 0.25) is 0 Å². The van der Waals surface area contributed by atoms with Crippen molar-refractivity contribution in [2.45, 2.75) is 12.5 Å². The van der Waals surface area contributed by atoms with Gasteiger partial charge in [-0.2, -0.15) is 0 Å². The average molecular weight is 288 g/mol. The summed E-state index contributed by atoms with van der Waals surface area (Å²) in [5.41, 5.74) is 3.33. The van der Waals surface area contributed by atoms with E-state index in [2.05, 4.69) is 21.7 Å². The number of hydrogen-bond acceptors (Lipinski definition) is 3. The van der Waals surface area contributed by atoms with Crippen LogP contribution in [0.5, 0.6) is 0 Å². The van der Waals surface area contributed by atoms with Crippen LogP contribution in [0.15, 0.2) is 40.1 Å². The van der Waals surface area contributed by atoms with Gasteiger partial charge < -0.3 is 10.6 Å². The lowest BCUT2D eigenvalue weighted by Gasteiger charge is -2.19. The van der Waals surface area contributed by atoms with Gasteiger partial charge in [-0.1, -0.05) is 6.08 Å². The largest absolute Gasteiger partial charge is 0.323 e. The van der Waals surface area contributed by atoms with E-state index in [-0.39, 0.29) is 36.8 Å². The summed E-state index contributed by atoms with van der Waals surface area (Å²) in [6.45, 7) is 1.89. The molecular weight excluding hydrogens is 273 g/mol. The van der Waals surface area contributed by atoms with Crippen molar-refractivity contribution in [2.75, 3.05) is 13.1 Å². The van der Waals surface area contributed by atoms with Gasteiger partial charge >= 0.3 is 0 Å². The molecule has 0 aromatic rings. The van der Waals surface area contributed by atoms with Gasteiger partial charge in [-0.05, 0) is 24.6 Å². The van der Waals surface area contributed by atoms with Crippen molar-refractivity contribution in [1.29, 1.82) is 0 Å². The topological polar surface area (TPSA) is 53.5 Å². The number of rotatable bonds is 1. The molecule has 0 fully saturated rings. The van der Waals surface area contributed by atoms with Crippen LogP contribution in [0.4, 0.5) is 0 Å². The highest BCUT2D eigenvalue weighted by molar-refractivity contribution is 5.96. The smallest absolute Gasteiger partial charge is 0.247 e. The lowest BCUT2D eigenvalue weighted by molar-refractivity contribution is -0.116. The Morgan fingerprint density at radius 3 is 2.89 bits per heavy atom. The van der Waals surface area contributed by atoms with Gasteiger partial charge in [0.1, 0.15) is 6.04 Å². The maximum absolute atomic E-state index is 11.3. The van der Waals surface area contributed by atoms with E-state index >= 15 is 0 Å². The van der Waals surface area contributed by atoms with Crippen LogP contribution in [-0.4, -0.2) is 31.3 Å². The van der Waals surface area contributed by atoms with E-state index < -0.39 is 0 Å². The molecule has 0 saturated carbocycles. The molecule has 1 unspecified atom stereocenters. The standard InChI is InChI=1S/C12H13N3O.2ClH/c16-11-2-1-10-12(15-11)9(7-14-10)8-3-5-13-6-4-8;;/h1-3,7,10,13H,4-6H2,(H,15,16);2*1H. The minimum atomic E-state index is -0.0521. The van der Waals surface area contributed by atoms with Gasteiger partial charge in [0.15, 0.2) is 0 Å². The molecular formula is C12H15Cl2N3O. The summed E-state index contributed by atoms with van der Waals surface area (Å²) < 4.78 is 0. The molecule has 98 valence electrons. The Kier molecular flexibility index (Phi) is 5.14. The number of fused-ring (bicyclic) bond motifs is 1. The first-order valence-electron chi connectivity index (χ1n) is 5.51. The maximum atomic E-state index is 11.3. The van der Waals surface area contributed by atoms with Crippen molar-refractivity contribution in [2.24, 2.45) is 4.99 Å². The van der Waals surface area contributed by atoms with Crippen molar-refractivity contribution >= 4 is 36.9 Å². The van der Waals surface area contributed by atoms with Crippen molar-refractivity contribution < 1.29 is 4.79 Å². The molecule has 2 N–H and O–H groups in total. The fourth-order valence-corrected chi connectivity index (χ4v) is 2.22. The minimum absolute atomic E-state index is 0. The van der Waals surface area contributed by atoms with Gasteiger partial charge in [-0.3, -0.25) is 9.79 Å². The quantitative estimate of drug-likeness (QED) is 0.760. The number of nitrogens with zero attached hydrogens (tertiary/aromatic N) is 1. The molecule has 0 aliphatic carbocycles. The van der Waals surface area contributed by atoms with Crippen LogP contribution in [0.1, 0.15) is 6.42 Å². The summed E-state index contributed by atoms with van der Waals surface area (Å²) in [5, 5.41) is 6.17. The zero-order valence-corrected chi connectivity index (χ0v) is 11.3. The first-order chi connectivity index (χ1) is 7.84. The van der Waals surface area contributed by atoms with E-state index in [4.69, 9.17) is 0 Å². The van der Waals surface area contributed by atoms with E-state index in [1.165, 1.54) is 5.57 Å². The Labute approximate surface area is 118 Å². The van der Waals surface area contributed by atoms with Crippen molar-refractivity contribution in [3.05, 3.63) is 35.1 Å². The van der Waals surface area contributed by atoms with Crippen molar-refractivity contribution in [3.63, 3.8) is 0 Å². The molecule has 18 heavy (non-hydrogen) atoms. The zero-order chi connectivity index (χ0) is 11.0. The van der Waals surface area contributed by atoms with Gasteiger partial charge in [0.25, 0.3) is 0 Å². The molecule has 3 rings (SSSR count). The fourth-order valence-electron chi connectivity index (χ4n) is 2.22. The molecule has 3 aliphatic heterocycles. The molecule has 0 aromatic carbocycles. The van der Waals surface area contributed by atoms with E-state index in [9.17, 15) is 4.79 Å². The third kappa shape index (κ3) is 2.66. The highest BCUT2D eigenvalue weighted by Crippen LogP contribution is 2.26. The number of amides is 1. The first-order valence-corrected chi connectivity index (χ1v) is 5.51. The Balaban J connectivity index is 0.000000810. The molecule has 4 nitrogen and oxygen atoms in total. The van der Waals surface area contributed by atoms with E-state index in [0.717, 1.165) is 30.8 Å². The van der Waals surface area contributed by atoms with Gasteiger partial charge in [0.05, 0.1) is 5.70 Å². The van der Waals surface area contributed by atoms with E-state index in [1.807, 2.05) is 12.3 Å². The van der Waals surface area contributed by atoms with Gasteiger partial charge in [-0.15, -0.1) is 24.8 Å². The number of halogens is 2. The predicted molar refractivity (Wildman–Crippen MR) is 76.7 cm³/mol. The summed E-state index contributed by atoms with van der Waals surface area (Å²) in [6.07, 6.45) is 8.44. The lowest BCUT2D eigenvalue weighted by Crippen LogP contribution is -2.31. The monoisotopic (exact) mass is 287 g/mol. The lowest BCUT2D eigenvalue weighted by atomic mass is 9.97. The van der Waals surface area contributed by atoms with Crippen LogP contribution in [-0.2, 0) is 4.79 Å². The third-order valence-electron chi connectivity index (χ3n) is 3.05. The summed E-state index contributed by atoms with van der Waals surface area (Å²) in [4.78, 5) is 15.7. The maximum Gasteiger partial charge on any atom is 0.247 e. The molecule has 0 aromatic heterocycles. The second-order valence-electron chi connectivity index (χ2n) is 4.08. The summed E-state index contributed by atoms with van der Waals surface area (Å²) in [6, 6.07) is 0.0171. The van der Waals surface area contributed by atoms with E-state index in [0.29, 0.717) is 0 Å². The van der Waals surface area contributed by atoms with Crippen LogP contribution < -0.4 is 10.6 Å². The van der Waals surface area contributed by atoms with Crippen LogP contribution in [0.3, 0.4) is 0 Å². The van der Waals surface area contributed by atoms with Gasteiger partial charge in [0.2, 0.25) is 5.91 Å². The Morgan fingerprint density at radius 1 is 1.33 bits per heavy atom. The number of nitrogens with one attached hydrogen (secondary N) is 2. The molecule has 0 bridgehead atoms. The van der Waals surface area contributed by atoms with Crippen LogP contribution in [0, 0.1) is 0 Å². The summed E-state index contributed by atoms with van der Waals surface area (Å²) in [5.74, 6) is -0.0521. The average Bonchev–Trinajstić information content (AvgIpc) is 2.73. The Hall–Kier alpha value is -1.10. The second kappa shape index (κ2) is 6.18. The predicted octanol–water partition coefficient (Wildman–Crippen LogP) is 1.14. The Morgan fingerprint density at radius 2 is 2.17 bits per heavy atom. The SMILES string of the molecule is Cl.Cl.O=C1C=CC2N=CC(C3=CCNCC3)=C2N1. The summed E-state index contributed by atoms with van der Waals surface area (Å²) in [7, 11) is 0.